The standard InChI is InChI=1S/C21H30F2N4O3/c1-20(2,3)9-15(17(28)24-4)25-18(29)14-7-8-16(27-11-21(22,23)12-27)19(26-14)30-10-13-5-6-13/h7-8,13,15H,5-6,9-12H2,1-4H3,(H,24,28)(H,25,29). The van der Waals surface area contributed by atoms with Gasteiger partial charge in [0.15, 0.2) is 0 Å². The molecule has 166 valence electrons. The third kappa shape index (κ3) is 5.79. The Bertz CT molecular complexity index is 798. The fraction of sp³-hybridized carbons (Fsp3) is 0.667. The molecule has 1 atom stereocenters. The SMILES string of the molecule is CNC(=O)C(CC(C)(C)C)NC(=O)c1ccc(N2CC(F)(F)C2)c(OCC2CC2)n1. The molecule has 1 aliphatic carbocycles. The number of nitrogens with zero attached hydrogens (tertiary/aromatic N) is 2. The third-order valence-corrected chi connectivity index (χ3v) is 5.10. The smallest absolute Gasteiger partial charge is 0.282 e. The Morgan fingerprint density at radius 1 is 1.30 bits per heavy atom. The highest BCUT2D eigenvalue weighted by molar-refractivity contribution is 5.96. The van der Waals surface area contributed by atoms with E-state index >= 15 is 0 Å². The third-order valence-electron chi connectivity index (χ3n) is 5.10. The summed E-state index contributed by atoms with van der Waals surface area (Å²) in [6.45, 7) is 5.59. The van der Waals surface area contributed by atoms with Gasteiger partial charge in [-0.1, -0.05) is 20.8 Å². The van der Waals surface area contributed by atoms with Crippen LogP contribution in [0.5, 0.6) is 5.88 Å². The maximum absolute atomic E-state index is 13.3. The molecule has 1 saturated carbocycles. The number of nitrogens with one attached hydrogen (secondary N) is 2. The summed E-state index contributed by atoms with van der Waals surface area (Å²) < 4.78 is 32.4. The van der Waals surface area contributed by atoms with Gasteiger partial charge < -0.3 is 20.3 Å². The van der Waals surface area contributed by atoms with Crippen LogP contribution in [0.4, 0.5) is 14.5 Å². The van der Waals surface area contributed by atoms with Crippen molar-refractivity contribution in [1.29, 1.82) is 0 Å². The van der Waals surface area contributed by atoms with Gasteiger partial charge in [-0.05, 0) is 42.7 Å². The topological polar surface area (TPSA) is 83.6 Å². The first-order valence-corrected chi connectivity index (χ1v) is 10.3. The van der Waals surface area contributed by atoms with Crippen molar-refractivity contribution in [2.75, 3.05) is 31.6 Å². The Balaban J connectivity index is 1.77. The van der Waals surface area contributed by atoms with Gasteiger partial charge in [-0.2, -0.15) is 0 Å². The molecule has 7 nitrogen and oxygen atoms in total. The van der Waals surface area contributed by atoms with Crippen molar-refractivity contribution in [2.24, 2.45) is 11.3 Å². The second-order valence-electron chi connectivity index (χ2n) is 9.39. The minimum Gasteiger partial charge on any atom is -0.476 e. The molecule has 0 spiro atoms. The van der Waals surface area contributed by atoms with E-state index in [1.54, 1.807) is 6.07 Å². The number of ether oxygens (including phenoxy) is 1. The molecule has 0 bridgehead atoms. The van der Waals surface area contributed by atoms with Gasteiger partial charge in [0.2, 0.25) is 11.8 Å². The lowest BCUT2D eigenvalue weighted by Gasteiger charge is -2.40. The molecule has 1 unspecified atom stereocenters. The second-order valence-corrected chi connectivity index (χ2v) is 9.39. The zero-order valence-corrected chi connectivity index (χ0v) is 17.9. The molecule has 1 aliphatic heterocycles. The van der Waals surface area contributed by atoms with Crippen LogP contribution in [0.1, 0.15) is 50.5 Å². The maximum Gasteiger partial charge on any atom is 0.282 e. The van der Waals surface area contributed by atoms with Crippen molar-refractivity contribution in [2.45, 2.75) is 52.0 Å². The van der Waals surface area contributed by atoms with E-state index in [1.165, 1.54) is 18.0 Å². The Kier molecular flexibility index (Phi) is 6.19. The van der Waals surface area contributed by atoms with Gasteiger partial charge in [-0.3, -0.25) is 9.59 Å². The van der Waals surface area contributed by atoms with Crippen LogP contribution in [0, 0.1) is 11.3 Å². The molecule has 30 heavy (non-hydrogen) atoms. The summed E-state index contributed by atoms with van der Waals surface area (Å²) in [4.78, 5) is 30.8. The molecule has 0 radical (unpaired) electrons. The van der Waals surface area contributed by atoms with Crippen molar-refractivity contribution < 1.29 is 23.1 Å². The average Bonchev–Trinajstić information content (AvgIpc) is 3.46. The summed E-state index contributed by atoms with van der Waals surface area (Å²) in [7, 11) is 1.52. The normalized spacial score (nSPS) is 18.9. The van der Waals surface area contributed by atoms with E-state index in [2.05, 4.69) is 15.6 Å². The van der Waals surface area contributed by atoms with Gasteiger partial charge in [0.25, 0.3) is 11.8 Å². The number of rotatable bonds is 8. The summed E-state index contributed by atoms with van der Waals surface area (Å²) in [6.07, 6.45) is 2.58. The summed E-state index contributed by atoms with van der Waals surface area (Å²) in [6, 6.07) is 2.34. The Labute approximate surface area is 175 Å². The number of aromatic nitrogens is 1. The van der Waals surface area contributed by atoms with Crippen molar-refractivity contribution >= 4 is 17.5 Å². The Morgan fingerprint density at radius 2 is 1.97 bits per heavy atom. The molecule has 3 rings (SSSR count). The minimum absolute atomic E-state index is 0.0830. The van der Waals surface area contributed by atoms with Crippen LogP contribution in [0.25, 0.3) is 0 Å². The van der Waals surface area contributed by atoms with Crippen LogP contribution in [0.2, 0.25) is 0 Å². The Hall–Kier alpha value is -2.45. The molecule has 2 N–H and O–H groups in total. The highest BCUT2D eigenvalue weighted by Crippen LogP contribution is 2.38. The van der Waals surface area contributed by atoms with Crippen molar-refractivity contribution in [1.82, 2.24) is 15.6 Å². The maximum atomic E-state index is 13.3. The van der Waals surface area contributed by atoms with Crippen LogP contribution in [-0.4, -0.2) is 55.5 Å². The fourth-order valence-electron chi connectivity index (χ4n) is 3.30. The van der Waals surface area contributed by atoms with Gasteiger partial charge in [0.05, 0.1) is 19.7 Å². The summed E-state index contributed by atoms with van der Waals surface area (Å²) >= 11 is 0. The number of hydrogen-bond donors (Lipinski definition) is 2. The van der Waals surface area contributed by atoms with Gasteiger partial charge in [0, 0.05) is 7.05 Å². The molecule has 1 saturated heterocycles. The molecule has 1 aromatic rings. The summed E-state index contributed by atoms with van der Waals surface area (Å²) in [5.74, 6) is -2.90. The number of likely N-dealkylation sites (N-methyl/N-ethyl adjacent to an activating group) is 1. The van der Waals surface area contributed by atoms with Gasteiger partial charge in [-0.15, -0.1) is 0 Å². The van der Waals surface area contributed by atoms with Crippen molar-refractivity contribution in [3.05, 3.63) is 17.8 Å². The summed E-state index contributed by atoms with van der Waals surface area (Å²) in [5, 5.41) is 5.30. The molecule has 0 aromatic carbocycles. The van der Waals surface area contributed by atoms with E-state index in [1.807, 2.05) is 20.8 Å². The summed E-state index contributed by atoms with van der Waals surface area (Å²) in [5.41, 5.74) is 0.360. The number of hydrogen-bond acceptors (Lipinski definition) is 5. The zero-order chi connectivity index (χ0) is 22.1. The van der Waals surface area contributed by atoms with E-state index in [0.29, 0.717) is 24.6 Å². The molecule has 9 heteroatoms. The van der Waals surface area contributed by atoms with Gasteiger partial charge in [-0.25, -0.2) is 13.8 Å². The van der Waals surface area contributed by atoms with Crippen LogP contribution in [0.3, 0.4) is 0 Å². The number of carbonyl (C=O) groups is 2. The van der Waals surface area contributed by atoms with Crippen LogP contribution >= 0.6 is 0 Å². The monoisotopic (exact) mass is 424 g/mol. The molecular formula is C21H30F2N4O3. The van der Waals surface area contributed by atoms with Crippen LogP contribution in [-0.2, 0) is 4.79 Å². The second kappa shape index (κ2) is 8.35. The van der Waals surface area contributed by atoms with Gasteiger partial charge >= 0.3 is 0 Å². The van der Waals surface area contributed by atoms with Gasteiger partial charge in [0.1, 0.15) is 17.4 Å². The highest BCUT2D eigenvalue weighted by Gasteiger charge is 2.45. The predicted octanol–water partition coefficient (Wildman–Crippen LogP) is 2.61. The van der Waals surface area contributed by atoms with E-state index in [0.717, 1.165) is 12.8 Å². The quantitative estimate of drug-likeness (QED) is 0.670. The molecule has 2 aliphatic rings. The van der Waals surface area contributed by atoms with Crippen molar-refractivity contribution in [3.8, 4) is 5.88 Å². The first kappa shape index (κ1) is 22.2. The number of carbonyl (C=O) groups excluding carboxylic acids is 2. The number of anilines is 1. The number of halogens is 2. The van der Waals surface area contributed by atoms with Crippen LogP contribution in [0.15, 0.2) is 12.1 Å². The lowest BCUT2D eigenvalue weighted by molar-refractivity contribution is -0.123. The van der Waals surface area contributed by atoms with E-state index in [-0.39, 0.29) is 22.9 Å². The number of amides is 2. The molecule has 1 aromatic heterocycles. The van der Waals surface area contributed by atoms with E-state index < -0.39 is 31.0 Å². The first-order chi connectivity index (χ1) is 14.0. The van der Waals surface area contributed by atoms with E-state index in [4.69, 9.17) is 4.74 Å². The molecule has 2 amide bonds. The average molecular weight is 424 g/mol. The minimum atomic E-state index is -2.72. The largest absolute Gasteiger partial charge is 0.476 e. The molecule has 2 heterocycles. The van der Waals surface area contributed by atoms with Crippen LogP contribution < -0.4 is 20.3 Å². The number of alkyl halides is 2. The zero-order valence-electron chi connectivity index (χ0n) is 17.9. The lowest BCUT2D eigenvalue weighted by Crippen LogP contribution is -2.56. The lowest BCUT2D eigenvalue weighted by atomic mass is 9.87. The highest BCUT2D eigenvalue weighted by atomic mass is 19.3. The van der Waals surface area contributed by atoms with E-state index in [9.17, 15) is 18.4 Å². The molecular weight excluding hydrogens is 394 g/mol. The number of pyridine rings is 1. The fourth-order valence-corrected chi connectivity index (χ4v) is 3.30. The predicted molar refractivity (Wildman–Crippen MR) is 109 cm³/mol. The van der Waals surface area contributed by atoms with Crippen molar-refractivity contribution in [3.63, 3.8) is 0 Å². The Morgan fingerprint density at radius 3 is 2.50 bits per heavy atom. The first-order valence-electron chi connectivity index (χ1n) is 10.3. The molecule has 2 fully saturated rings.